The molecule has 0 aliphatic carbocycles. The van der Waals surface area contributed by atoms with E-state index in [0.29, 0.717) is 6.10 Å². The van der Waals surface area contributed by atoms with Crippen molar-refractivity contribution in [1.82, 2.24) is 4.98 Å². The molecule has 1 atom stereocenters. The Kier molecular flexibility index (Phi) is 5.45. The van der Waals surface area contributed by atoms with Crippen molar-refractivity contribution in [2.24, 2.45) is 0 Å². The van der Waals surface area contributed by atoms with E-state index in [1.165, 1.54) is 12.8 Å². The normalized spacial score (nSPS) is 18.5. The van der Waals surface area contributed by atoms with Crippen molar-refractivity contribution in [3.63, 3.8) is 0 Å². The first kappa shape index (κ1) is 14.1. The van der Waals surface area contributed by atoms with E-state index < -0.39 is 0 Å². The highest BCUT2D eigenvalue weighted by atomic mass is 16.5. The van der Waals surface area contributed by atoms with Crippen LogP contribution in [0.2, 0.25) is 0 Å². The molecule has 19 heavy (non-hydrogen) atoms. The average Bonchev–Trinajstić information content (AvgIpc) is 2.96. The van der Waals surface area contributed by atoms with Crippen molar-refractivity contribution in [1.29, 1.82) is 0 Å². The molecule has 1 aromatic rings. The Bertz CT molecular complexity index is 377. The first-order valence-electron chi connectivity index (χ1n) is 7.41. The monoisotopic (exact) mass is 263 g/mol. The number of anilines is 2. The summed E-state index contributed by atoms with van der Waals surface area (Å²) in [6.07, 6.45) is 3.84. The van der Waals surface area contributed by atoms with Gasteiger partial charge in [0, 0.05) is 26.2 Å². The molecular weight excluding hydrogens is 238 g/mol. The van der Waals surface area contributed by atoms with E-state index in [2.05, 4.69) is 41.2 Å². The standard InChI is InChI=1S/C15H25N3O/c1-3-10-16-14-8-5-9-15(17-14)18(4-2)12-13-7-6-11-19-13/h5,8-9,13H,3-4,6-7,10-12H2,1-2H3,(H,16,17). The minimum Gasteiger partial charge on any atom is -0.376 e. The zero-order valence-electron chi connectivity index (χ0n) is 12.1. The van der Waals surface area contributed by atoms with Crippen LogP contribution in [0.3, 0.4) is 0 Å². The Morgan fingerprint density at radius 2 is 2.32 bits per heavy atom. The third-order valence-corrected chi connectivity index (χ3v) is 3.44. The maximum atomic E-state index is 5.72. The van der Waals surface area contributed by atoms with Gasteiger partial charge in [0.05, 0.1) is 6.10 Å². The number of rotatable bonds is 7. The van der Waals surface area contributed by atoms with Gasteiger partial charge in [-0.25, -0.2) is 4.98 Å². The SMILES string of the molecule is CCCNc1cccc(N(CC)CC2CCCO2)n1. The van der Waals surface area contributed by atoms with E-state index in [-0.39, 0.29) is 0 Å². The molecular formula is C15H25N3O. The molecule has 1 aliphatic heterocycles. The average molecular weight is 263 g/mol. The van der Waals surface area contributed by atoms with Gasteiger partial charge in [-0.1, -0.05) is 13.0 Å². The smallest absolute Gasteiger partial charge is 0.131 e. The van der Waals surface area contributed by atoms with Crippen LogP contribution in [-0.2, 0) is 4.74 Å². The summed E-state index contributed by atoms with van der Waals surface area (Å²) in [6.45, 7) is 8.11. The lowest BCUT2D eigenvalue weighted by Crippen LogP contribution is -2.32. The van der Waals surface area contributed by atoms with Crippen molar-refractivity contribution in [2.45, 2.75) is 39.2 Å². The van der Waals surface area contributed by atoms with E-state index in [1.54, 1.807) is 0 Å². The summed E-state index contributed by atoms with van der Waals surface area (Å²) in [5.74, 6) is 2.00. The van der Waals surface area contributed by atoms with Crippen LogP contribution in [0, 0.1) is 0 Å². The topological polar surface area (TPSA) is 37.4 Å². The minimum atomic E-state index is 0.369. The number of likely N-dealkylation sites (N-methyl/N-ethyl adjacent to an activating group) is 1. The molecule has 4 nitrogen and oxygen atoms in total. The highest BCUT2D eigenvalue weighted by molar-refractivity contribution is 5.47. The number of nitrogens with one attached hydrogen (secondary N) is 1. The summed E-state index contributed by atoms with van der Waals surface area (Å²) in [4.78, 5) is 6.98. The van der Waals surface area contributed by atoms with Gasteiger partial charge in [-0.15, -0.1) is 0 Å². The second-order valence-electron chi connectivity index (χ2n) is 4.98. The van der Waals surface area contributed by atoms with Crippen LogP contribution in [0.4, 0.5) is 11.6 Å². The van der Waals surface area contributed by atoms with E-state index in [4.69, 9.17) is 4.74 Å². The van der Waals surface area contributed by atoms with Crippen molar-refractivity contribution in [3.05, 3.63) is 18.2 Å². The summed E-state index contributed by atoms with van der Waals surface area (Å²) >= 11 is 0. The molecule has 2 heterocycles. The minimum absolute atomic E-state index is 0.369. The lowest BCUT2D eigenvalue weighted by atomic mass is 10.2. The number of hydrogen-bond donors (Lipinski definition) is 1. The van der Waals surface area contributed by atoms with Crippen LogP contribution < -0.4 is 10.2 Å². The maximum Gasteiger partial charge on any atom is 0.131 e. The molecule has 0 spiro atoms. The maximum absolute atomic E-state index is 5.72. The Balaban J connectivity index is 2.00. The van der Waals surface area contributed by atoms with Crippen LogP contribution in [0.25, 0.3) is 0 Å². The molecule has 0 amide bonds. The second kappa shape index (κ2) is 7.34. The Hall–Kier alpha value is -1.29. The predicted molar refractivity (Wildman–Crippen MR) is 79.9 cm³/mol. The van der Waals surface area contributed by atoms with Crippen molar-refractivity contribution < 1.29 is 4.74 Å². The van der Waals surface area contributed by atoms with Crippen LogP contribution in [0.15, 0.2) is 18.2 Å². The van der Waals surface area contributed by atoms with Gasteiger partial charge in [0.25, 0.3) is 0 Å². The lowest BCUT2D eigenvalue weighted by molar-refractivity contribution is 0.115. The molecule has 106 valence electrons. The largest absolute Gasteiger partial charge is 0.376 e. The first-order valence-corrected chi connectivity index (χ1v) is 7.41. The van der Waals surface area contributed by atoms with Crippen molar-refractivity contribution in [2.75, 3.05) is 36.5 Å². The quantitative estimate of drug-likeness (QED) is 0.821. The van der Waals surface area contributed by atoms with Gasteiger partial charge in [-0.3, -0.25) is 0 Å². The van der Waals surface area contributed by atoms with Gasteiger partial charge >= 0.3 is 0 Å². The van der Waals surface area contributed by atoms with Crippen LogP contribution in [0.1, 0.15) is 33.1 Å². The van der Waals surface area contributed by atoms with Crippen molar-refractivity contribution in [3.8, 4) is 0 Å². The van der Waals surface area contributed by atoms with Gasteiger partial charge in [0.15, 0.2) is 0 Å². The van der Waals surface area contributed by atoms with Gasteiger partial charge in [-0.2, -0.15) is 0 Å². The molecule has 0 bridgehead atoms. The third kappa shape index (κ3) is 4.10. The van der Waals surface area contributed by atoms with E-state index in [1.807, 2.05) is 6.07 Å². The zero-order valence-corrected chi connectivity index (χ0v) is 12.1. The van der Waals surface area contributed by atoms with E-state index in [0.717, 1.165) is 44.3 Å². The molecule has 1 unspecified atom stereocenters. The highest BCUT2D eigenvalue weighted by Crippen LogP contribution is 2.19. The molecule has 0 radical (unpaired) electrons. The van der Waals surface area contributed by atoms with Crippen LogP contribution in [-0.4, -0.2) is 37.3 Å². The Morgan fingerprint density at radius 1 is 1.42 bits per heavy atom. The molecule has 1 aliphatic rings. The fourth-order valence-corrected chi connectivity index (χ4v) is 2.37. The van der Waals surface area contributed by atoms with E-state index >= 15 is 0 Å². The van der Waals surface area contributed by atoms with Gasteiger partial charge in [-0.05, 0) is 38.3 Å². The summed E-state index contributed by atoms with van der Waals surface area (Å²) in [5.41, 5.74) is 0. The number of pyridine rings is 1. The number of hydrogen-bond acceptors (Lipinski definition) is 4. The second-order valence-corrected chi connectivity index (χ2v) is 4.98. The lowest BCUT2D eigenvalue weighted by Gasteiger charge is -2.25. The highest BCUT2D eigenvalue weighted by Gasteiger charge is 2.19. The van der Waals surface area contributed by atoms with Gasteiger partial charge < -0.3 is 15.0 Å². The summed E-state index contributed by atoms with van der Waals surface area (Å²) < 4.78 is 5.72. The molecule has 1 fully saturated rings. The first-order chi connectivity index (χ1) is 9.33. The fraction of sp³-hybridized carbons (Fsp3) is 0.667. The van der Waals surface area contributed by atoms with E-state index in [9.17, 15) is 0 Å². The molecule has 1 N–H and O–H groups in total. The Morgan fingerprint density at radius 3 is 3.00 bits per heavy atom. The Labute approximate surface area is 116 Å². The summed E-state index contributed by atoms with van der Waals surface area (Å²) in [6, 6.07) is 6.17. The predicted octanol–water partition coefficient (Wildman–Crippen LogP) is 2.91. The molecule has 1 aromatic heterocycles. The fourth-order valence-electron chi connectivity index (χ4n) is 2.37. The third-order valence-electron chi connectivity index (χ3n) is 3.44. The number of ether oxygens (including phenoxy) is 1. The molecule has 2 rings (SSSR count). The molecule has 4 heteroatoms. The zero-order chi connectivity index (χ0) is 13.5. The van der Waals surface area contributed by atoms with Crippen LogP contribution >= 0.6 is 0 Å². The molecule has 0 saturated carbocycles. The molecule has 0 aromatic carbocycles. The molecule has 1 saturated heterocycles. The van der Waals surface area contributed by atoms with Gasteiger partial charge in [0.1, 0.15) is 11.6 Å². The van der Waals surface area contributed by atoms with Gasteiger partial charge in [0.2, 0.25) is 0 Å². The number of nitrogens with zero attached hydrogens (tertiary/aromatic N) is 2. The van der Waals surface area contributed by atoms with Crippen LogP contribution in [0.5, 0.6) is 0 Å². The number of aromatic nitrogens is 1. The summed E-state index contributed by atoms with van der Waals surface area (Å²) in [7, 11) is 0. The summed E-state index contributed by atoms with van der Waals surface area (Å²) in [5, 5.41) is 3.34. The van der Waals surface area contributed by atoms with Crippen molar-refractivity contribution >= 4 is 11.6 Å².